The molecule has 5 heterocycles. The zero-order chi connectivity index (χ0) is 84.4. The smallest absolute Gasteiger partial charge is 0.194 e. The first-order valence-electron chi connectivity index (χ1n) is 41.4. The molecule has 114 heavy (non-hydrogen) atoms. The molecule has 574 valence electrons. The third-order valence-electron chi connectivity index (χ3n) is 22.8. The molecule has 0 saturated heterocycles. The molecular weight excluding hydrogens is 1380 g/mol. The van der Waals surface area contributed by atoms with Crippen LogP contribution in [0.1, 0.15) is 110 Å². The van der Waals surface area contributed by atoms with Gasteiger partial charge in [-0.1, -0.05) is 168 Å². The molecule has 0 aliphatic carbocycles. The third kappa shape index (κ3) is 18.3. The van der Waals surface area contributed by atoms with Gasteiger partial charge in [0.25, 0.3) is 0 Å². The number of rotatable bonds is 10. The Labute approximate surface area is 686 Å². The van der Waals surface area contributed by atoms with E-state index in [-0.39, 0.29) is 0 Å². The molecule has 5 nitrogen and oxygen atoms in total. The molecule has 15 aromatic rings. The second-order valence-corrected chi connectivity index (χ2v) is 31.4. The predicted molar refractivity (Wildman–Crippen MR) is 482 cm³/mol. The zero-order valence-corrected chi connectivity index (χ0v) is 71.8. The van der Waals surface area contributed by atoms with Gasteiger partial charge in [-0.15, -0.1) is 0 Å². The highest BCUT2D eigenvalue weighted by Gasteiger charge is 2.28. The molecular formula is C109H118N5+5. The van der Waals surface area contributed by atoms with E-state index in [1.165, 1.54) is 190 Å². The van der Waals surface area contributed by atoms with E-state index in [2.05, 4.69) is 405 Å². The highest BCUT2D eigenvalue weighted by Crippen LogP contribution is 2.35. The maximum atomic E-state index is 7.69. The summed E-state index contributed by atoms with van der Waals surface area (Å²) in [6.07, 6.45) is 0. The number of pyridine rings is 5. The first kappa shape index (κ1) is 78.6. The Kier molecular flexibility index (Phi) is 25.3. The van der Waals surface area contributed by atoms with Gasteiger partial charge >= 0.3 is 0 Å². The van der Waals surface area contributed by atoms with Crippen molar-refractivity contribution in [2.24, 2.45) is 35.2 Å². The van der Waals surface area contributed by atoms with Crippen LogP contribution in [-0.2, 0) is 35.2 Å². The van der Waals surface area contributed by atoms with Gasteiger partial charge in [0.1, 0.15) is 35.2 Å². The van der Waals surface area contributed by atoms with Crippen molar-refractivity contribution in [1.29, 1.82) is 0 Å². The van der Waals surface area contributed by atoms with E-state index >= 15 is 0 Å². The monoisotopic (exact) mass is 1500 g/mol. The lowest BCUT2D eigenvalue weighted by molar-refractivity contribution is -0.650. The summed E-state index contributed by atoms with van der Waals surface area (Å²) in [4.78, 5) is 0. The summed E-state index contributed by atoms with van der Waals surface area (Å²) in [6.45, 7) is 37.0. The lowest BCUT2D eigenvalue weighted by Gasteiger charge is -2.14. The Bertz CT molecular complexity index is 6100. The molecule has 15 rings (SSSR count). The molecule has 10 aromatic carbocycles. The Balaban J connectivity index is 0.000000144. The van der Waals surface area contributed by atoms with E-state index in [4.69, 9.17) is 4.11 Å². The molecule has 0 aliphatic heterocycles. The lowest BCUT2D eigenvalue weighted by atomic mass is 9.95. The highest BCUT2D eigenvalue weighted by molar-refractivity contribution is 5.74. The van der Waals surface area contributed by atoms with E-state index in [1.807, 2.05) is 44.3 Å². The van der Waals surface area contributed by atoms with E-state index in [0.29, 0.717) is 5.56 Å². The van der Waals surface area contributed by atoms with Gasteiger partial charge in [-0.2, -0.15) is 22.8 Å². The van der Waals surface area contributed by atoms with Crippen LogP contribution in [-0.4, -0.2) is 0 Å². The Morgan fingerprint density at radius 3 is 0.693 bits per heavy atom. The first-order chi connectivity index (χ1) is 55.7. The minimum absolute atomic E-state index is 0.370. The summed E-state index contributed by atoms with van der Waals surface area (Å²) in [5.74, 6) is 0. The molecule has 0 radical (unpaired) electrons. The Hall–Kier alpha value is -12.1. The number of hydrogen-bond donors (Lipinski definition) is 0. The predicted octanol–water partition coefficient (Wildman–Crippen LogP) is 25.1. The normalized spacial score (nSPS) is 11.3. The quantitative estimate of drug-likeness (QED) is 0.122. The topological polar surface area (TPSA) is 19.4 Å². The summed E-state index contributed by atoms with van der Waals surface area (Å²) in [5.41, 5.74) is 48.6. The maximum absolute atomic E-state index is 7.69. The molecule has 0 atom stereocenters. The molecule has 0 aliphatic rings. The van der Waals surface area contributed by atoms with Gasteiger partial charge in [0.15, 0.2) is 0 Å². The van der Waals surface area contributed by atoms with Crippen LogP contribution in [0.15, 0.2) is 279 Å². The van der Waals surface area contributed by atoms with Crippen LogP contribution < -0.4 is 22.8 Å². The van der Waals surface area contributed by atoms with Crippen molar-refractivity contribution in [2.75, 3.05) is 0 Å². The van der Waals surface area contributed by atoms with Crippen LogP contribution in [0.25, 0.3) is 113 Å². The van der Waals surface area contributed by atoms with Crippen LogP contribution in [0.3, 0.4) is 0 Å². The fourth-order valence-corrected chi connectivity index (χ4v) is 16.6. The summed E-state index contributed by atoms with van der Waals surface area (Å²) in [6, 6.07) is 98.5. The molecule has 0 fully saturated rings. The average molecular weight is 1500 g/mol. The van der Waals surface area contributed by atoms with Crippen LogP contribution in [0, 0.1) is 131 Å². The van der Waals surface area contributed by atoms with E-state index in [0.717, 1.165) is 22.5 Å². The fraction of sp³-hybridized carbons (Fsp3) is 0.220. The summed E-state index contributed by atoms with van der Waals surface area (Å²) < 4.78 is 34.5. The minimum atomic E-state index is -2.10. The average Bonchev–Trinajstić information content (AvgIpc) is 0.786. The van der Waals surface area contributed by atoms with Gasteiger partial charge in [-0.3, -0.25) is 0 Å². The van der Waals surface area contributed by atoms with Crippen LogP contribution in [0.2, 0.25) is 0 Å². The molecule has 0 amide bonds. The molecule has 0 spiro atoms. The van der Waals surface area contributed by atoms with Crippen LogP contribution in [0.4, 0.5) is 0 Å². The second-order valence-electron chi connectivity index (χ2n) is 31.4. The largest absolute Gasteiger partial charge is 0.215 e. The minimum Gasteiger partial charge on any atom is -0.194 e. The van der Waals surface area contributed by atoms with Gasteiger partial charge in [-0.05, 0) is 289 Å². The first-order valence-corrected chi connectivity index (χ1v) is 39.9. The van der Waals surface area contributed by atoms with E-state index < -0.39 is 6.85 Å². The molecule has 0 unspecified atom stereocenters. The van der Waals surface area contributed by atoms with Crippen molar-refractivity contribution in [1.82, 2.24) is 0 Å². The molecule has 5 aromatic heterocycles. The standard InChI is InChI=1S/C23H26N.2C22H24N.2C21H22N/c1-15-11-12-21(17(3)13-15)23-19(5)14-18(4)22(24(23)6)20-10-8-7-9-16(20)2;1-15-10-6-8-12-19(15)21-17(3)14-18(4)22(23(21)5)20-13-9-7-11-16(20)2;1-15-9-6-7-10-19(15)21-11-8-12-22(23(21)5)20-14-17(3)16(2)13-18(20)4;1-15-12-13-19(17(3)14-15)21-11-7-10-20(22(21)4)18-9-6-5-8-16(18)2;1-15-12-13-17(3)19(14-15)21-11-7-10-20(22(21)4)18-9-6-5-8-16(18)2/h7-14H,1-6H3;2*6-14H,1-5H3;2*5-14H,1-4H3/q5*+1/i;;;;1D3. The molecule has 0 N–H and O–H groups in total. The van der Waals surface area contributed by atoms with E-state index in [1.54, 1.807) is 12.1 Å². The van der Waals surface area contributed by atoms with Crippen LogP contribution in [0.5, 0.6) is 0 Å². The lowest BCUT2D eigenvalue weighted by Crippen LogP contribution is -2.36. The Morgan fingerprint density at radius 2 is 0.386 bits per heavy atom. The Morgan fingerprint density at radius 1 is 0.158 bits per heavy atom. The van der Waals surface area contributed by atoms with Gasteiger partial charge in [0, 0.05) is 118 Å². The van der Waals surface area contributed by atoms with Crippen molar-refractivity contribution >= 4 is 0 Å². The zero-order valence-electron chi connectivity index (χ0n) is 74.8. The van der Waals surface area contributed by atoms with Crippen LogP contribution >= 0.6 is 0 Å². The van der Waals surface area contributed by atoms with Crippen molar-refractivity contribution in [3.63, 3.8) is 0 Å². The third-order valence-corrected chi connectivity index (χ3v) is 22.8. The molecule has 5 heteroatoms. The van der Waals surface area contributed by atoms with Crippen molar-refractivity contribution in [3.05, 3.63) is 385 Å². The number of hydrogen-bond acceptors (Lipinski definition) is 0. The van der Waals surface area contributed by atoms with Gasteiger partial charge < -0.3 is 0 Å². The molecule has 0 bridgehead atoms. The molecule has 0 saturated carbocycles. The SMILES string of the molecule is Cc1cc(C)c(-c2cccc(-c3ccccc3C)[n+]2C)cc1C.Cc1ccc(-c2c(C)cc(C)c(-c3ccccc3C)[n+]2C)c(C)c1.Cc1ccc(-c2cccc(-c3ccccc3C)[n+]2C)c(C)c1.Cc1ccccc1-c1c(C)cc(C)c(-c2ccccc2C)[n+]1C.[2H]C([2H])([2H])c1ccc(C)c(-c2cccc(-c3ccccc3C)[n+]2C)c1. The van der Waals surface area contributed by atoms with Crippen molar-refractivity contribution in [2.45, 2.75) is 131 Å². The van der Waals surface area contributed by atoms with Crippen molar-refractivity contribution < 1.29 is 26.9 Å². The highest BCUT2D eigenvalue weighted by atomic mass is 15.0. The fourth-order valence-electron chi connectivity index (χ4n) is 16.6. The summed E-state index contributed by atoms with van der Waals surface area (Å²) in [5, 5.41) is 0. The van der Waals surface area contributed by atoms with Gasteiger partial charge in [-0.25, -0.2) is 0 Å². The number of benzene rings is 10. The maximum Gasteiger partial charge on any atom is 0.215 e. The second kappa shape index (κ2) is 36.6. The van der Waals surface area contributed by atoms with Gasteiger partial charge in [0.05, 0.1) is 0 Å². The van der Waals surface area contributed by atoms with E-state index in [9.17, 15) is 0 Å². The summed E-state index contributed by atoms with van der Waals surface area (Å²) >= 11 is 0. The van der Waals surface area contributed by atoms with Crippen molar-refractivity contribution in [3.8, 4) is 113 Å². The number of aryl methyl sites for hydroxylation is 19. The summed E-state index contributed by atoms with van der Waals surface area (Å²) in [7, 11) is 10.7. The van der Waals surface area contributed by atoms with Gasteiger partial charge in [0.2, 0.25) is 56.9 Å². The number of aromatic nitrogens is 5. The number of nitrogens with zero attached hydrogens (tertiary/aromatic N) is 5.